The maximum Gasteiger partial charge on any atom is 0.238 e. The van der Waals surface area contributed by atoms with Crippen molar-refractivity contribution in [2.75, 3.05) is 38.0 Å². The Morgan fingerprint density at radius 1 is 1.00 bits per heavy atom. The van der Waals surface area contributed by atoms with E-state index in [1.165, 1.54) is 18.2 Å². The van der Waals surface area contributed by atoms with Gasteiger partial charge in [0.15, 0.2) is 0 Å². The van der Waals surface area contributed by atoms with E-state index < -0.39 is 0 Å². The van der Waals surface area contributed by atoms with Crippen molar-refractivity contribution in [1.82, 2.24) is 9.80 Å². The number of carbonyl (C=O) groups excluding carboxylic acids is 1. The van der Waals surface area contributed by atoms with Crippen LogP contribution >= 0.6 is 0 Å². The quantitative estimate of drug-likeness (QED) is 0.891. The number of rotatable bonds is 5. The molecule has 0 atom stereocenters. The summed E-state index contributed by atoms with van der Waals surface area (Å²) in [6.07, 6.45) is 0. The number of anilines is 1. The Morgan fingerprint density at radius 2 is 1.65 bits per heavy atom. The smallest absolute Gasteiger partial charge is 0.238 e. The standard InChI is InChI=1S/C20H23F2N3O/c1-15-2-7-18(12-19(15)22)23-20(26)14-25-10-8-24(9-11-25)13-16-3-5-17(21)6-4-16/h2-7,12H,8-11,13-14H2,1H3,(H,23,26). The Balaban J connectivity index is 1.43. The number of amides is 1. The van der Waals surface area contributed by atoms with E-state index >= 15 is 0 Å². The minimum atomic E-state index is -0.322. The van der Waals surface area contributed by atoms with E-state index in [-0.39, 0.29) is 17.5 Å². The monoisotopic (exact) mass is 359 g/mol. The molecular weight excluding hydrogens is 336 g/mol. The molecule has 6 heteroatoms. The van der Waals surface area contributed by atoms with Crippen molar-refractivity contribution >= 4 is 11.6 Å². The van der Waals surface area contributed by atoms with Gasteiger partial charge in [0, 0.05) is 38.4 Å². The van der Waals surface area contributed by atoms with Crippen LogP contribution in [0.5, 0.6) is 0 Å². The highest BCUT2D eigenvalue weighted by Crippen LogP contribution is 2.14. The number of nitrogens with zero attached hydrogens (tertiary/aromatic N) is 2. The largest absolute Gasteiger partial charge is 0.325 e. The minimum absolute atomic E-state index is 0.139. The molecule has 4 nitrogen and oxygen atoms in total. The first-order valence-electron chi connectivity index (χ1n) is 8.75. The van der Waals surface area contributed by atoms with Crippen LogP contribution in [-0.2, 0) is 11.3 Å². The molecule has 1 fully saturated rings. The summed E-state index contributed by atoms with van der Waals surface area (Å²) in [5.74, 6) is -0.685. The fraction of sp³-hybridized carbons (Fsp3) is 0.350. The average Bonchev–Trinajstić information content (AvgIpc) is 2.62. The van der Waals surface area contributed by atoms with Crippen LogP contribution in [0, 0.1) is 18.6 Å². The van der Waals surface area contributed by atoms with Crippen LogP contribution in [0.4, 0.5) is 14.5 Å². The summed E-state index contributed by atoms with van der Waals surface area (Å²) in [6.45, 7) is 6.04. The van der Waals surface area contributed by atoms with Gasteiger partial charge in [-0.1, -0.05) is 18.2 Å². The molecule has 138 valence electrons. The lowest BCUT2D eigenvalue weighted by Gasteiger charge is -2.34. The van der Waals surface area contributed by atoms with E-state index in [0.717, 1.165) is 38.3 Å². The van der Waals surface area contributed by atoms with Gasteiger partial charge in [-0.3, -0.25) is 14.6 Å². The fourth-order valence-corrected chi connectivity index (χ4v) is 3.03. The zero-order valence-corrected chi connectivity index (χ0v) is 14.8. The molecule has 2 aromatic carbocycles. The number of piperazine rings is 1. The van der Waals surface area contributed by atoms with E-state index in [1.807, 2.05) is 0 Å². The topological polar surface area (TPSA) is 35.6 Å². The normalized spacial score (nSPS) is 15.8. The maximum absolute atomic E-state index is 13.5. The van der Waals surface area contributed by atoms with Crippen LogP contribution in [0.25, 0.3) is 0 Å². The molecule has 0 bridgehead atoms. The van der Waals surface area contributed by atoms with Crippen LogP contribution in [0.2, 0.25) is 0 Å². The molecule has 1 heterocycles. The number of carbonyl (C=O) groups is 1. The van der Waals surface area contributed by atoms with Gasteiger partial charge in [-0.2, -0.15) is 0 Å². The summed E-state index contributed by atoms with van der Waals surface area (Å²) in [4.78, 5) is 16.5. The lowest BCUT2D eigenvalue weighted by atomic mass is 10.2. The highest BCUT2D eigenvalue weighted by Gasteiger charge is 2.19. The van der Waals surface area contributed by atoms with Crippen LogP contribution in [-0.4, -0.2) is 48.4 Å². The maximum atomic E-state index is 13.5. The molecule has 0 aromatic heterocycles. The lowest BCUT2D eigenvalue weighted by Crippen LogP contribution is -2.48. The number of hydrogen-bond donors (Lipinski definition) is 1. The molecule has 0 radical (unpaired) electrons. The van der Waals surface area contributed by atoms with Crippen LogP contribution < -0.4 is 5.32 Å². The fourth-order valence-electron chi connectivity index (χ4n) is 3.03. The first kappa shape index (κ1) is 18.5. The first-order chi connectivity index (χ1) is 12.5. The van der Waals surface area contributed by atoms with Gasteiger partial charge in [0.1, 0.15) is 11.6 Å². The zero-order chi connectivity index (χ0) is 18.5. The molecule has 0 spiro atoms. The molecule has 1 aliphatic rings. The first-order valence-corrected chi connectivity index (χ1v) is 8.75. The van der Waals surface area contributed by atoms with E-state index in [9.17, 15) is 13.6 Å². The Hall–Kier alpha value is -2.31. The number of benzene rings is 2. The molecule has 1 aliphatic heterocycles. The van der Waals surface area contributed by atoms with Gasteiger partial charge in [-0.15, -0.1) is 0 Å². The van der Waals surface area contributed by atoms with Gasteiger partial charge in [-0.05, 0) is 42.3 Å². The highest BCUT2D eigenvalue weighted by molar-refractivity contribution is 5.92. The van der Waals surface area contributed by atoms with Crippen molar-refractivity contribution in [2.45, 2.75) is 13.5 Å². The van der Waals surface area contributed by atoms with Gasteiger partial charge in [0.2, 0.25) is 5.91 Å². The Labute approximate surface area is 152 Å². The van der Waals surface area contributed by atoms with E-state index in [1.54, 1.807) is 31.2 Å². The molecular formula is C20H23F2N3O. The molecule has 0 unspecified atom stereocenters. The Morgan fingerprint density at radius 3 is 2.31 bits per heavy atom. The van der Waals surface area contributed by atoms with Crippen LogP contribution in [0.3, 0.4) is 0 Å². The van der Waals surface area contributed by atoms with Crippen molar-refractivity contribution in [2.24, 2.45) is 0 Å². The van der Waals surface area contributed by atoms with Gasteiger partial charge >= 0.3 is 0 Å². The highest BCUT2D eigenvalue weighted by atomic mass is 19.1. The molecule has 2 aromatic rings. The number of nitrogens with one attached hydrogen (secondary N) is 1. The molecule has 1 amide bonds. The van der Waals surface area contributed by atoms with E-state index in [4.69, 9.17) is 0 Å². The van der Waals surface area contributed by atoms with Gasteiger partial charge < -0.3 is 5.32 Å². The third-order valence-electron chi connectivity index (χ3n) is 4.61. The summed E-state index contributed by atoms with van der Waals surface area (Å²) in [5, 5.41) is 2.74. The summed E-state index contributed by atoms with van der Waals surface area (Å²) in [7, 11) is 0. The SMILES string of the molecule is Cc1ccc(NC(=O)CN2CCN(Cc3ccc(F)cc3)CC2)cc1F. The molecule has 1 N–H and O–H groups in total. The average molecular weight is 359 g/mol. The lowest BCUT2D eigenvalue weighted by molar-refractivity contribution is -0.117. The zero-order valence-electron chi connectivity index (χ0n) is 14.8. The van der Waals surface area contributed by atoms with Crippen molar-refractivity contribution in [3.8, 4) is 0 Å². The second-order valence-corrected chi connectivity index (χ2v) is 6.69. The third-order valence-corrected chi connectivity index (χ3v) is 4.61. The Kier molecular flexibility index (Phi) is 5.96. The second kappa shape index (κ2) is 8.38. The van der Waals surface area contributed by atoms with Gasteiger partial charge in [0.05, 0.1) is 6.54 Å². The predicted octanol–water partition coefficient (Wildman–Crippen LogP) is 3.03. The van der Waals surface area contributed by atoms with Crippen molar-refractivity contribution in [3.63, 3.8) is 0 Å². The summed E-state index contributed by atoms with van der Waals surface area (Å²) < 4.78 is 26.5. The second-order valence-electron chi connectivity index (χ2n) is 6.69. The minimum Gasteiger partial charge on any atom is -0.325 e. The van der Waals surface area contributed by atoms with E-state index in [2.05, 4.69) is 15.1 Å². The van der Waals surface area contributed by atoms with Gasteiger partial charge in [0.25, 0.3) is 0 Å². The van der Waals surface area contributed by atoms with Crippen molar-refractivity contribution < 1.29 is 13.6 Å². The Bertz CT molecular complexity index is 756. The molecule has 1 saturated heterocycles. The molecule has 3 rings (SSSR count). The van der Waals surface area contributed by atoms with Gasteiger partial charge in [-0.25, -0.2) is 8.78 Å². The predicted molar refractivity (Wildman–Crippen MR) is 97.9 cm³/mol. The number of aryl methyl sites for hydroxylation is 1. The van der Waals surface area contributed by atoms with Crippen molar-refractivity contribution in [1.29, 1.82) is 0 Å². The van der Waals surface area contributed by atoms with Crippen LogP contribution in [0.15, 0.2) is 42.5 Å². The van der Waals surface area contributed by atoms with Crippen molar-refractivity contribution in [3.05, 3.63) is 65.2 Å². The third kappa shape index (κ3) is 5.09. The summed E-state index contributed by atoms with van der Waals surface area (Å²) >= 11 is 0. The molecule has 26 heavy (non-hydrogen) atoms. The number of hydrogen-bond acceptors (Lipinski definition) is 3. The summed E-state index contributed by atoms with van der Waals surface area (Å²) in [6, 6.07) is 11.3. The summed E-state index contributed by atoms with van der Waals surface area (Å²) in [5.41, 5.74) is 2.12. The molecule has 0 aliphatic carbocycles. The van der Waals surface area contributed by atoms with E-state index in [0.29, 0.717) is 17.8 Å². The number of halogens is 2. The van der Waals surface area contributed by atoms with Crippen LogP contribution in [0.1, 0.15) is 11.1 Å². The molecule has 0 saturated carbocycles.